The second-order valence-electron chi connectivity index (χ2n) is 6.40. The van der Waals surface area contributed by atoms with Gasteiger partial charge in [-0.1, -0.05) is 19.1 Å². The smallest absolute Gasteiger partial charge is 0.258 e. The van der Waals surface area contributed by atoms with E-state index in [9.17, 15) is 4.79 Å². The molecule has 0 aromatic heterocycles. The Labute approximate surface area is 145 Å². The van der Waals surface area contributed by atoms with Crippen LogP contribution in [0.1, 0.15) is 39.7 Å². The van der Waals surface area contributed by atoms with Gasteiger partial charge < -0.3 is 20.5 Å². The van der Waals surface area contributed by atoms with Crippen molar-refractivity contribution in [1.82, 2.24) is 10.6 Å². The second kappa shape index (κ2) is 10.5. The molecule has 0 saturated heterocycles. The number of benzene rings is 1. The van der Waals surface area contributed by atoms with Gasteiger partial charge in [0.25, 0.3) is 5.91 Å². The Morgan fingerprint density at radius 2 is 1.87 bits per heavy atom. The normalized spacial score (nSPS) is 12.2. The van der Waals surface area contributed by atoms with Gasteiger partial charge >= 0.3 is 0 Å². The molecule has 5 nitrogen and oxygen atoms in total. The summed E-state index contributed by atoms with van der Waals surface area (Å²) >= 11 is 0. The predicted molar refractivity (Wildman–Crippen MR) is 95.1 cm³/mol. The number of halogens is 1. The Morgan fingerprint density at radius 3 is 2.35 bits per heavy atom. The SMILES string of the molecule is CCC(CO)NCc1ccc(OCC(=O)NC(C)(C)C)cc1.Cl. The maximum Gasteiger partial charge on any atom is 0.258 e. The Bertz CT molecular complexity index is 454. The van der Waals surface area contributed by atoms with Gasteiger partial charge in [0.05, 0.1) is 6.61 Å². The van der Waals surface area contributed by atoms with Crippen molar-refractivity contribution in [3.05, 3.63) is 29.8 Å². The van der Waals surface area contributed by atoms with Crippen molar-refractivity contribution in [3.63, 3.8) is 0 Å². The number of carbonyl (C=O) groups excluding carboxylic acids is 1. The molecule has 1 aromatic rings. The zero-order valence-corrected chi connectivity index (χ0v) is 15.2. The lowest BCUT2D eigenvalue weighted by atomic mass is 10.1. The van der Waals surface area contributed by atoms with Crippen molar-refractivity contribution >= 4 is 18.3 Å². The first-order valence-corrected chi connectivity index (χ1v) is 7.71. The summed E-state index contributed by atoms with van der Waals surface area (Å²) in [6.45, 7) is 8.68. The Kier molecular flexibility index (Phi) is 9.88. The van der Waals surface area contributed by atoms with E-state index in [1.165, 1.54) is 0 Å². The molecule has 0 spiro atoms. The molecule has 3 N–H and O–H groups in total. The summed E-state index contributed by atoms with van der Waals surface area (Å²) in [4.78, 5) is 11.7. The average Bonchev–Trinajstić information content (AvgIpc) is 2.45. The zero-order valence-electron chi connectivity index (χ0n) is 14.4. The van der Waals surface area contributed by atoms with E-state index in [4.69, 9.17) is 9.84 Å². The molecule has 0 saturated carbocycles. The largest absolute Gasteiger partial charge is 0.484 e. The number of rotatable bonds is 8. The van der Waals surface area contributed by atoms with Gasteiger partial charge in [-0.25, -0.2) is 0 Å². The minimum atomic E-state index is -0.251. The minimum absolute atomic E-state index is 0. The van der Waals surface area contributed by atoms with Gasteiger partial charge in [-0.15, -0.1) is 12.4 Å². The van der Waals surface area contributed by atoms with Crippen LogP contribution in [-0.2, 0) is 11.3 Å². The molecule has 23 heavy (non-hydrogen) atoms. The summed E-state index contributed by atoms with van der Waals surface area (Å²) in [6.07, 6.45) is 0.889. The molecule has 0 radical (unpaired) electrons. The number of nitrogens with one attached hydrogen (secondary N) is 2. The van der Waals surface area contributed by atoms with Crippen molar-refractivity contribution in [2.75, 3.05) is 13.2 Å². The van der Waals surface area contributed by atoms with E-state index in [1.54, 1.807) is 0 Å². The number of amides is 1. The molecular formula is C17H29ClN2O3. The van der Waals surface area contributed by atoms with E-state index in [0.717, 1.165) is 12.0 Å². The molecule has 132 valence electrons. The molecule has 0 fully saturated rings. The lowest BCUT2D eigenvalue weighted by Gasteiger charge is -2.20. The highest BCUT2D eigenvalue weighted by atomic mass is 35.5. The quantitative estimate of drug-likeness (QED) is 0.676. The topological polar surface area (TPSA) is 70.6 Å². The van der Waals surface area contributed by atoms with Crippen LogP contribution in [0, 0.1) is 0 Å². The van der Waals surface area contributed by atoms with Crippen LogP contribution in [0.25, 0.3) is 0 Å². The van der Waals surface area contributed by atoms with Crippen LogP contribution in [0.15, 0.2) is 24.3 Å². The predicted octanol–water partition coefficient (Wildman–Crippen LogP) is 2.26. The molecule has 1 rings (SSSR count). The van der Waals surface area contributed by atoms with E-state index < -0.39 is 0 Å². The molecule has 0 aliphatic rings. The number of hydrogen-bond donors (Lipinski definition) is 3. The lowest BCUT2D eigenvalue weighted by molar-refractivity contribution is -0.124. The summed E-state index contributed by atoms with van der Waals surface area (Å²) in [5.41, 5.74) is 0.858. The molecule has 1 amide bonds. The van der Waals surface area contributed by atoms with Gasteiger partial charge in [0.2, 0.25) is 0 Å². The number of hydrogen-bond acceptors (Lipinski definition) is 4. The molecule has 0 bridgehead atoms. The fraction of sp³-hybridized carbons (Fsp3) is 0.588. The molecule has 1 aromatic carbocycles. The summed E-state index contributed by atoms with van der Waals surface area (Å²) < 4.78 is 5.46. The number of ether oxygens (including phenoxy) is 1. The fourth-order valence-corrected chi connectivity index (χ4v) is 1.91. The van der Waals surface area contributed by atoms with Crippen LogP contribution in [0.3, 0.4) is 0 Å². The van der Waals surface area contributed by atoms with E-state index in [-0.39, 0.29) is 43.1 Å². The van der Waals surface area contributed by atoms with Gasteiger partial charge in [0, 0.05) is 18.1 Å². The summed E-state index contributed by atoms with van der Waals surface area (Å²) in [7, 11) is 0. The molecular weight excluding hydrogens is 316 g/mol. The van der Waals surface area contributed by atoms with Crippen molar-refractivity contribution in [2.45, 2.75) is 52.2 Å². The highest BCUT2D eigenvalue weighted by molar-refractivity contribution is 5.85. The van der Waals surface area contributed by atoms with Crippen molar-refractivity contribution < 1.29 is 14.6 Å². The van der Waals surface area contributed by atoms with Crippen LogP contribution >= 0.6 is 12.4 Å². The molecule has 6 heteroatoms. The van der Waals surface area contributed by atoms with E-state index in [2.05, 4.69) is 10.6 Å². The maximum absolute atomic E-state index is 11.7. The van der Waals surface area contributed by atoms with E-state index >= 15 is 0 Å². The van der Waals surface area contributed by atoms with E-state index in [1.807, 2.05) is 52.0 Å². The number of aliphatic hydroxyl groups is 1. The average molecular weight is 345 g/mol. The zero-order chi connectivity index (χ0) is 16.6. The van der Waals surface area contributed by atoms with Gasteiger partial charge in [-0.3, -0.25) is 4.79 Å². The van der Waals surface area contributed by atoms with Crippen LogP contribution < -0.4 is 15.4 Å². The van der Waals surface area contributed by atoms with Gasteiger partial charge in [-0.2, -0.15) is 0 Å². The molecule has 1 unspecified atom stereocenters. The molecule has 1 atom stereocenters. The minimum Gasteiger partial charge on any atom is -0.484 e. The Balaban J connectivity index is 0.00000484. The molecule has 0 aliphatic heterocycles. The third-order valence-electron chi connectivity index (χ3n) is 3.12. The fourth-order valence-electron chi connectivity index (χ4n) is 1.91. The van der Waals surface area contributed by atoms with Gasteiger partial charge in [0.15, 0.2) is 6.61 Å². The van der Waals surface area contributed by atoms with Crippen LogP contribution in [0.5, 0.6) is 5.75 Å². The number of carbonyl (C=O) groups is 1. The summed E-state index contributed by atoms with van der Waals surface area (Å²) in [5.74, 6) is 0.536. The standard InChI is InChI=1S/C17H28N2O3.ClH/c1-5-14(11-20)18-10-13-6-8-15(9-7-13)22-12-16(21)19-17(2,3)4;/h6-9,14,18,20H,5,10-12H2,1-4H3,(H,19,21);1H. The highest BCUT2D eigenvalue weighted by Gasteiger charge is 2.13. The van der Waals surface area contributed by atoms with Crippen molar-refractivity contribution in [1.29, 1.82) is 0 Å². The lowest BCUT2D eigenvalue weighted by Crippen LogP contribution is -2.43. The maximum atomic E-state index is 11.7. The van der Waals surface area contributed by atoms with E-state index in [0.29, 0.717) is 12.3 Å². The number of aliphatic hydroxyl groups excluding tert-OH is 1. The highest BCUT2D eigenvalue weighted by Crippen LogP contribution is 2.12. The van der Waals surface area contributed by atoms with Crippen LogP contribution in [0.4, 0.5) is 0 Å². The monoisotopic (exact) mass is 344 g/mol. The summed E-state index contributed by atoms with van der Waals surface area (Å²) in [6, 6.07) is 7.72. The first-order chi connectivity index (χ1) is 10.3. The molecule has 0 heterocycles. The van der Waals surface area contributed by atoms with Gasteiger partial charge in [-0.05, 0) is 44.9 Å². The Hall–Kier alpha value is -1.30. The van der Waals surface area contributed by atoms with Gasteiger partial charge in [0.1, 0.15) is 5.75 Å². The second-order valence-corrected chi connectivity index (χ2v) is 6.40. The van der Waals surface area contributed by atoms with Crippen molar-refractivity contribution in [3.8, 4) is 5.75 Å². The Morgan fingerprint density at radius 1 is 1.26 bits per heavy atom. The first kappa shape index (κ1) is 21.7. The van der Waals surface area contributed by atoms with Crippen LogP contribution in [-0.4, -0.2) is 35.8 Å². The first-order valence-electron chi connectivity index (χ1n) is 7.71. The third-order valence-corrected chi connectivity index (χ3v) is 3.12. The third kappa shape index (κ3) is 9.43. The van der Waals surface area contributed by atoms with Crippen molar-refractivity contribution in [2.24, 2.45) is 0 Å². The summed E-state index contributed by atoms with van der Waals surface area (Å²) in [5, 5.41) is 15.3. The van der Waals surface area contributed by atoms with Crippen LogP contribution in [0.2, 0.25) is 0 Å². The molecule has 0 aliphatic carbocycles.